The third-order valence-corrected chi connectivity index (χ3v) is 4.48. The molecule has 0 aliphatic rings. The Balaban J connectivity index is 2.47. The van der Waals surface area contributed by atoms with Crippen LogP contribution in [0.4, 0.5) is 0 Å². The lowest BCUT2D eigenvalue weighted by molar-refractivity contribution is 0.706. The smallest absolute Gasteiger partial charge is 0.0135 e. The van der Waals surface area contributed by atoms with Crippen LogP contribution in [0.25, 0.3) is 0 Å². The lowest BCUT2D eigenvalue weighted by atomic mass is 10.1. The summed E-state index contributed by atoms with van der Waals surface area (Å²) >= 11 is 0. The minimum atomic E-state index is 1.32. The third kappa shape index (κ3) is 4.26. The van der Waals surface area contributed by atoms with Gasteiger partial charge in [0, 0.05) is 0 Å². The zero-order chi connectivity index (χ0) is 12.0. The third-order valence-electron chi connectivity index (χ3n) is 2.92. The maximum atomic E-state index is 2.31. The topological polar surface area (TPSA) is 0 Å². The zero-order valence-corrected chi connectivity index (χ0v) is 12.0. The number of hydrogen-bond acceptors (Lipinski definition) is 0. The minimum absolute atomic E-state index is 1.32. The molecule has 0 N–H and O–H groups in total. The van der Waals surface area contributed by atoms with Crippen molar-refractivity contribution in [3.63, 3.8) is 0 Å². The fourth-order valence-corrected chi connectivity index (χ4v) is 3.38. The maximum Gasteiger partial charge on any atom is -0.0135 e. The number of benzene rings is 1. The highest BCUT2D eigenvalue weighted by Gasteiger charge is 2.03. The van der Waals surface area contributed by atoms with Crippen molar-refractivity contribution >= 4 is 13.9 Å². The van der Waals surface area contributed by atoms with E-state index in [1.165, 1.54) is 57.1 Å². The van der Waals surface area contributed by atoms with Crippen molar-refractivity contribution in [2.75, 3.05) is 6.16 Å². The average molecular weight is 235 g/mol. The van der Waals surface area contributed by atoms with E-state index in [9.17, 15) is 0 Å². The molecule has 0 saturated heterocycles. The average Bonchev–Trinajstić information content (AvgIpc) is 2.20. The van der Waals surface area contributed by atoms with E-state index in [-0.39, 0.29) is 0 Å². The van der Waals surface area contributed by atoms with Gasteiger partial charge in [-0.2, -0.15) is 0 Å². The molecule has 0 nitrogen and oxygen atoms in total. The molecule has 0 fully saturated rings. The van der Waals surface area contributed by atoms with Gasteiger partial charge in [-0.05, 0) is 58.4 Å². The highest BCUT2D eigenvalue weighted by Crippen LogP contribution is 2.20. The molecule has 0 spiro atoms. The second kappa shape index (κ2) is 7.07. The van der Waals surface area contributed by atoms with Gasteiger partial charge >= 0.3 is 0 Å². The van der Waals surface area contributed by atoms with Crippen LogP contribution >= 0.6 is 8.58 Å². The van der Waals surface area contributed by atoms with E-state index in [1.807, 2.05) is 0 Å². The molecule has 1 radical (unpaired) electrons. The summed E-state index contributed by atoms with van der Waals surface area (Å²) in [6, 6.07) is 4.61. The molecule has 0 heterocycles. The van der Waals surface area contributed by atoms with Gasteiger partial charge < -0.3 is 0 Å². The van der Waals surface area contributed by atoms with Crippen LogP contribution in [0, 0.1) is 20.8 Å². The molecule has 1 aromatic rings. The maximum absolute atomic E-state index is 2.31. The highest BCUT2D eigenvalue weighted by atomic mass is 31.1. The van der Waals surface area contributed by atoms with Crippen molar-refractivity contribution in [3.8, 4) is 0 Å². The first-order valence-corrected chi connectivity index (χ1v) is 7.48. The fourth-order valence-electron chi connectivity index (χ4n) is 2.15. The second-order valence-electron chi connectivity index (χ2n) is 4.69. The summed E-state index contributed by atoms with van der Waals surface area (Å²) in [7, 11) is 1.52. The zero-order valence-electron chi connectivity index (χ0n) is 11.1. The monoisotopic (exact) mass is 235 g/mol. The van der Waals surface area contributed by atoms with Gasteiger partial charge in [-0.15, -0.1) is 0 Å². The van der Waals surface area contributed by atoms with E-state index < -0.39 is 0 Å². The van der Waals surface area contributed by atoms with Crippen LogP contribution in [0.15, 0.2) is 12.1 Å². The molecule has 0 aliphatic heterocycles. The molecular formula is C15H24P. The largest absolute Gasteiger partial charge is 0.0654 e. The van der Waals surface area contributed by atoms with Crippen LogP contribution in [0.2, 0.25) is 0 Å². The summed E-state index contributed by atoms with van der Waals surface area (Å²) in [5.74, 6) is 0. The first kappa shape index (κ1) is 13.7. The number of hydrogen-bond donors (Lipinski definition) is 0. The summed E-state index contributed by atoms with van der Waals surface area (Å²) in [6.45, 7) is 8.94. The van der Waals surface area contributed by atoms with Crippen molar-refractivity contribution in [1.29, 1.82) is 0 Å². The Morgan fingerprint density at radius 1 is 0.938 bits per heavy atom. The van der Waals surface area contributed by atoms with E-state index in [2.05, 4.69) is 39.8 Å². The van der Waals surface area contributed by atoms with Gasteiger partial charge in [0.15, 0.2) is 0 Å². The van der Waals surface area contributed by atoms with Crippen molar-refractivity contribution in [3.05, 3.63) is 28.8 Å². The molecule has 16 heavy (non-hydrogen) atoms. The number of unbranched alkanes of at least 4 members (excludes halogenated alkanes) is 3. The normalized spacial score (nSPS) is 11.5. The molecule has 0 aliphatic carbocycles. The number of rotatable bonds is 6. The number of aryl methyl sites for hydroxylation is 3. The molecule has 1 rings (SSSR count). The molecule has 0 bridgehead atoms. The first-order valence-electron chi connectivity index (χ1n) is 6.40. The van der Waals surface area contributed by atoms with E-state index in [0.29, 0.717) is 0 Å². The van der Waals surface area contributed by atoms with Crippen molar-refractivity contribution in [2.45, 2.75) is 53.4 Å². The highest BCUT2D eigenvalue weighted by molar-refractivity contribution is 7.47. The van der Waals surface area contributed by atoms with E-state index in [1.54, 1.807) is 5.30 Å². The molecule has 0 saturated carbocycles. The molecule has 1 heteroatoms. The van der Waals surface area contributed by atoms with Gasteiger partial charge in [0.1, 0.15) is 0 Å². The van der Waals surface area contributed by atoms with Crippen molar-refractivity contribution < 1.29 is 0 Å². The van der Waals surface area contributed by atoms with Gasteiger partial charge in [-0.25, -0.2) is 0 Å². The lowest BCUT2D eigenvalue weighted by Gasteiger charge is -2.10. The molecule has 1 aromatic carbocycles. The van der Waals surface area contributed by atoms with E-state index in [4.69, 9.17) is 0 Å². The quantitative estimate of drug-likeness (QED) is 0.492. The minimum Gasteiger partial charge on any atom is -0.0654 e. The Labute approximate surface area is 103 Å². The predicted molar refractivity (Wildman–Crippen MR) is 76.2 cm³/mol. The first-order chi connectivity index (χ1) is 7.65. The van der Waals surface area contributed by atoms with E-state index >= 15 is 0 Å². The van der Waals surface area contributed by atoms with Gasteiger partial charge in [0.25, 0.3) is 0 Å². The standard InChI is InChI=1S/C15H24P/c1-5-6-7-8-9-16-15-13(3)10-12(2)11-14(15)4/h10-11H,5-9H2,1-4H3. The SMILES string of the molecule is CCCCCC[P]c1c(C)cc(C)cc1C. The van der Waals surface area contributed by atoms with Gasteiger partial charge in [-0.3, -0.25) is 0 Å². The summed E-state index contributed by atoms with van der Waals surface area (Å²) in [5.41, 5.74) is 4.32. The van der Waals surface area contributed by atoms with E-state index in [0.717, 1.165) is 0 Å². The van der Waals surface area contributed by atoms with Crippen LogP contribution in [-0.4, -0.2) is 6.16 Å². The molecule has 0 aromatic heterocycles. The molecule has 89 valence electrons. The Hall–Kier alpha value is -0.350. The van der Waals surface area contributed by atoms with Crippen LogP contribution in [0.1, 0.15) is 49.3 Å². The van der Waals surface area contributed by atoms with Crippen LogP contribution in [0.3, 0.4) is 0 Å². The van der Waals surface area contributed by atoms with Crippen LogP contribution in [0.5, 0.6) is 0 Å². The summed E-state index contributed by atoms with van der Waals surface area (Å²) < 4.78 is 0. The predicted octanol–water partition coefficient (Wildman–Crippen LogP) is 4.76. The summed E-state index contributed by atoms with van der Waals surface area (Å²) in [4.78, 5) is 0. The molecule has 0 unspecified atom stereocenters. The Morgan fingerprint density at radius 2 is 1.56 bits per heavy atom. The Bertz CT molecular complexity index is 305. The molecule has 0 amide bonds. The molecular weight excluding hydrogens is 211 g/mol. The summed E-state index contributed by atoms with van der Waals surface area (Å²) in [6.07, 6.45) is 6.82. The van der Waals surface area contributed by atoms with Crippen LogP contribution in [-0.2, 0) is 0 Å². The van der Waals surface area contributed by atoms with Crippen molar-refractivity contribution in [2.24, 2.45) is 0 Å². The molecule has 0 atom stereocenters. The summed E-state index contributed by atoms with van der Waals surface area (Å²) in [5, 5.41) is 1.56. The van der Waals surface area contributed by atoms with Crippen LogP contribution < -0.4 is 5.30 Å². The van der Waals surface area contributed by atoms with Crippen molar-refractivity contribution in [1.82, 2.24) is 0 Å². The fraction of sp³-hybridized carbons (Fsp3) is 0.600. The Morgan fingerprint density at radius 3 is 2.12 bits per heavy atom. The van der Waals surface area contributed by atoms with Gasteiger partial charge in [0.2, 0.25) is 0 Å². The van der Waals surface area contributed by atoms with Gasteiger partial charge in [-0.1, -0.05) is 43.9 Å². The Kier molecular flexibility index (Phi) is 6.06. The van der Waals surface area contributed by atoms with Gasteiger partial charge in [0.05, 0.1) is 0 Å². The lowest BCUT2D eigenvalue weighted by Crippen LogP contribution is -2.06. The second-order valence-corrected chi connectivity index (χ2v) is 5.90.